The Labute approximate surface area is 146 Å². The molecule has 0 unspecified atom stereocenters. The number of halogens is 1. The molecule has 0 atom stereocenters. The second kappa shape index (κ2) is 5.78. The molecular formula is C18H11ClN2O2S. The normalized spacial score (nSPS) is 14.3. The number of thiazole rings is 1. The summed E-state index contributed by atoms with van der Waals surface area (Å²) < 4.78 is 1.25. The van der Waals surface area contributed by atoms with E-state index in [0.29, 0.717) is 15.6 Å². The van der Waals surface area contributed by atoms with Crippen LogP contribution in [0.15, 0.2) is 58.3 Å². The summed E-state index contributed by atoms with van der Waals surface area (Å²) in [5.41, 5.74) is 3.25. The number of hydrogen-bond donors (Lipinski definition) is 1. The fourth-order valence-electron chi connectivity index (χ4n) is 2.61. The van der Waals surface area contributed by atoms with Crippen molar-refractivity contribution in [1.29, 1.82) is 0 Å². The molecule has 0 radical (unpaired) electrons. The van der Waals surface area contributed by atoms with Gasteiger partial charge in [0.1, 0.15) is 0 Å². The Bertz CT molecular complexity index is 1060. The van der Waals surface area contributed by atoms with Crippen LogP contribution in [0.4, 0.5) is 5.69 Å². The molecule has 6 heteroatoms. The molecule has 1 aromatic heterocycles. The maximum absolute atomic E-state index is 12.3. The number of nitrogens with zero attached hydrogens (tertiary/aromatic N) is 2. The quantitative estimate of drug-likeness (QED) is 0.735. The standard InChI is InChI=1S/C18H11ClN2O2S/c19-12-4-3-5-13(9-12)21-17(22)16(24-18(21)23)8-11-10-20-15-7-2-1-6-14(11)15/h1-10,22H/b11-8+. The number of aliphatic imine (C=N–C) groups is 1. The average molecular weight is 355 g/mol. The topological polar surface area (TPSA) is 54.6 Å². The molecule has 0 spiro atoms. The lowest BCUT2D eigenvalue weighted by atomic mass is 10.1. The lowest BCUT2D eigenvalue weighted by Crippen LogP contribution is -2.09. The minimum absolute atomic E-state index is 0.0995. The first-order valence-corrected chi connectivity index (χ1v) is 8.39. The molecule has 1 N–H and O–H groups in total. The van der Waals surface area contributed by atoms with Crippen molar-refractivity contribution < 1.29 is 5.11 Å². The monoisotopic (exact) mass is 354 g/mol. The van der Waals surface area contributed by atoms with Gasteiger partial charge in [-0.1, -0.05) is 47.2 Å². The van der Waals surface area contributed by atoms with Gasteiger partial charge in [0.2, 0.25) is 5.88 Å². The van der Waals surface area contributed by atoms with E-state index < -0.39 is 0 Å². The van der Waals surface area contributed by atoms with Crippen molar-refractivity contribution in [2.24, 2.45) is 4.99 Å². The van der Waals surface area contributed by atoms with Crippen molar-refractivity contribution in [3.05, 3.63) is 73.7 Å². The molecular weight excluding hydrogens is 344 g/mol. The number of hydrogen-bond acceptors (Lipinski definition) is 4. The van der Waals surface area contributed by atoms with Gasteiger partial charge in [0.05, 0.1) is 16.3 Å². The van der Waals surface area contributed by atoms with Crippen LogP contribution < -0.4 is 4.87 Å². The fraction of sp³-hybridized carbons (Fsp3) is 0. The molecule has 118 valence electrons. The van der Waals surface area contributed by atoms with Gasteiger partial charge in [-0.3, -0.25) is 9.79 Å². The second-order valence-corrected chi connectivity index (χ2v) is 6.68. The summed E-state index contributed by atoms with van der Waals surface area (Å²) in [6.07, 6.45) is 3.51. The van der Waals surface area contributed by atoms with Crippen molar-refractivity contribution in [2.45, 2.75) is 0 Å². The van der Waals surface area contributed by atoms with Crippen LogP contribution in [0.5, 0.6) is 5.88 Å². The van der Waals surface area contributed by atoms with Gasteiger partial charge in [-0.05, 0) is 30.3 Å². The molecule has 0 amide bonds. The van der Waals surface area contributed by atoms with Gasteiger partial charge >= 0.3 is 4.87 Å². The van der Waals surface area contributed by atoms with E-state index in [1.54, 1.807) is 36.6 Å². The van der Waals surface area contributed by atoms with E-state index in [-0.39, 0.29) is 10.8 Å². The summed E-state index contributed by atoms with van der Waals surface area (Å²) in [5, 5.41) is 11.0. The van der Waals surface area contributed by atoms with Gasteiger partial charge in [-0.2, -0.15) is 0 Å². The molecule has 0 saturated carbocycles. The maximum Gasteiger partial charge on any atom is 0.315 e. The number of para-hydroxylation sites is 1. The highest BCUT2D eigenvalue weighted by Crippen LogP contribution is 2.34. The predicted octanol–water partition coefficient (Wildman–Crippen LogP) is 4.51. The van der Waals surface area contributed by atoms with Gasteiger partial charge in [-0.15, -0.1) is 0 Å². The van der Waals surface area contributed by atoms with E-state index in [9.17, 15) is 9.90 Å². The number of benzene rings is 2. The summed E-state index contributed by atoms with van der Waals surface area (Å²) in [6, 6.07) is 14.6. The van der Waals surface area contributed by atoms with Crippen LogP contribution in [-0.4, -0.2) is 15.9 Å². The lowest BCUT2D eigenvalue weighted by Gasteiger charge is -2.04. The first-order chi connectivity index (χ1) is 11.6. The van der Waals surface area contributed by atoms with Gasteiger partial charge in [0.15, 0.2) is 0 Å². The first kappa shape index (κ1) is 14.9. The van der Waals surface area contributed by atoms with Gasteiger partial charge < -0.3 is 5.11 Å². The van der Waals surface area contributed by atoms with Gasteiger partial charge in [-0.25, -0.2) is 4.57 Å². The number of aromatic nitrogens is 1. The molecule has 0 fully saturated rings. The number of rotatable bonds is 2. The molecule has 0 bridgehead atoms. The number of aromatic hydroxyl groups is 1. The molecule has 24 heavy (non-hydrogen) atoms. The molecule has 0 saturated heterocycles. The van der Waals surface area contributed by atoms with Crippen LogP contribution in [0.3, 0.4) is 0 Å². The van der Waals surface area contributed by atoms with Crippen LogP contribution >= 0.6 is 22.9 Å². The zero-order valence-corrected chi connectivity index (χ0v) is 13.9. The SMILES string of the molecule is O=c1sc(/C=C2\C=Nc3ccccc32)c(O)n1-c1cccc(Cl)c1. The highest BCUT2D eigenvalue weighted by atomic mass is 35.5. The third kappa shape index (κ3) is 2.48. The van der Waals surface area contributed by atoms with E-state index in [1.165, 1.54) is 4.57 Å². The van der Waals surface area contributed by atoms with Crippen molar-refractivity contribution in [3.8, 4) is 11.6 Å². The second-order valence-electron chi connectivity index (χ2n) is 5.25. The highest BCUT2D eigenvalue weighted by Gasteiger charge is 2.17. The molecule has 4 rings (SSSR count). The lowest BCUT2D eigenvalue weighted by molar-refractivity contribution is 0.440. The smallest absolute Gasteiger partial charge is 0.315 e. The number of allylic oxidation sites excluding steroid dienone is 1. The minimum atomic E-state index is -0.273. The molecule has 2 aromatic carbocycles. The Morgan fingerprint density at radius 2 is 2.00 bits per heavy atom. The minimum Gasteiger partial charge on any atom is -0.493 e. The molecule has 0 aliphatic carbocycles. The summed E-state index contributed by atoms with van der Waals surface area (Å²) in [5.74, 6) is -0.0995. The van der Waals surface area contributed by atoms with Gasteiger partial charge in [0.25, 0.3) is 0 Å². The fourth-order valence-corrected chi connectivity index (χ4v) is 3.64. The Balaban J connectivity index is 1.83. The molecule has 3 aromatic rings. The number of fused-ring (bicyclic) bond motifs is 1. The highest BCUT2D eigenvalue weighted by molar-refractivity contribution is 7.10. The average Bonchev–Trinajstić information content (AvgIpc) is 3.09. The molecule has 2 heterocycles. The van der Waals surface area contributed by atoms with Crippen molar-refractivity contribution in [3.63, 3.8) is 0 Å². The zero-order valence-electron chi connectivity index (χ0n) is 12.3. The molecule has 4 nitrogen and oxygen atoms in total. The van der Waals surface area contributed by atoms with Crippen molar-refractivity contribution in [2.75, 3.05) is 0 Å². The largest absolute Gasteiger partial charge is 0.493 e. The Morgan fingerprint density at radius 3 is 2.83 bits per heavy atom. The van der Waals surface area contributed by atoms with E-state index in [0.717, 1.165) is 28.2 Å². The van der Waals surface area contributed by atoms with Crippen LogP contribution in [0.2, 0.25) is 5.02 Å². The molecule has 1 aliphatic heterocycles. The van der Waals surface area contributed by atoms with Crippen molar-refractivity contribution >= 4 is 46.5 Å². The Kier molecular flexibility index (Phi) is 3.59. The van der Waals surface area contributed by atoms with Crippen LogP contribution in [0.25, 0.3) is 17.3 Å². The third-order valence-electron chi connectivity index (χ3n) is 3.72. The van der Waals surface area contributed by atoms with Crippen LogP contribution in [0, 0.1) is 0 Å². The van der Waals surface area contributed by atoms with Gasteiger partial charge in [0, 0.05) is 22.4 Å². The Morgan fingerprint density at radius 1 is 1.17 bits per heavy atom. The van der Waals surface area contributed by atoms with E-state index in [2.05, 4.69) is 4.99 Å². The third-order valence-corrected chi connectivity index (χ3v) is 4.84. The van der Waals surface area contributed by atoms with E-state index >= 15 is 0 Å². The Hall–Kier alpha value is -2.63. The van der Waals surface area contributed by atoms with E-state index in [1.807, 2.05) is 24.3 Å². The first-order valence-electron chi connectivity index (χ1n) is 7.19. The summed E-state index contributed by atoms with van der Waals surface area (Å²) in [6.45, 7) is 0. The maximum atomic E-state index is 12.3. The summed E-state index contributed by atoms with van der Waals surface area (Å²) in [7, 11) is 0. The molecule has 1 aliphatic rings. The van der Waals surface area contributed by atoms with Crippen LogP contribution in [0.1, 0.15) is 10.4 Å². The predicted molar refractivity (Wildman–Crippen MR) is 99.1 cm³/mol. The van der Waals surface area contributed by atoms with E-state index in [4.69, 9.17) is 11.6 Å². The van der Waals surface area contributed by atoms with Crippen molar-refractivity contribution in [1.82, 2.24) is 4.57 Å². The zero-order chi connectivity index (χ0) is 16.7. The summed E-state index contributed by atoms with van der Waals surface area (Å²) in [4.78, 5) is 16.9. The summed E-state index contributed by atoms with van der Waals surface area (Å²) >= 11 is 6.96. The van der Waals surface area contributed by atoms with Crippen LogP contribution in [-0.2, 0) is 0 Å².